The minimum absolute atomic E-state index is 0.0745. The highest BCUT2D eigenvalue weighted by Gasteiger charge is 2.11. The molecule has 3 aromatic rings. The first kappa shape index (κ1) is 20.4. The van der Waals surface area contributed by atoms with Crippen molar-refractivity contribution < 1.29 is 23.8 Å². The van der Waals surface area contributed by atoms with Crippen molar-refractivity contribution in [1.29, 1.82) is 0 Å². The lowest BCUT2D eigenvalue weighted by molar-refractivity contribution is -0.143. The zero-order valence-corrected chi connectivity index (χ0v) is 16.2. The number of halogens is 1. The van der Waals surface area contributed by atoms with Gasteiger partial charge in [0.1, 0.15) is 23.9 Å². The number of rotatable bonds is 8. The molecule has 0 heterocycles. The highest BCUT2D eigenvalue weighted by Crippen LogP contribution is 2.28. The van der Waals surface area contributed by atoms with Gasteiger partial charge < -0.3 is 14.6 Å². The van der Waals surface area contributed by atoms with Crippen LogP contribution in [0.5, 0.6) is 11.5 Å². The van der Waals surface area contributed by atoms with Crippen LogP contribution in [0.15, 0.2) is 66.7 Å². The Morgan fingerprint density at radius 1 is 1.00 bits per heavy atom. The highest BCUT2D eigenvalue weighted by atomic mass is 19.1. The van der Waals surface area contributed by atoms with Crippen molar-refractivity contribution in [3.8, 4) is 22.6 Å². The molecule has 0 saturated carbocycles. The van der Waals surface area contributed by atoms with Gasteiger partial charge in [-0.25, -0.2) is 4.39 Å². The van der Waals surface area contributed by atoms with Gasteiger partial charge in [-0.2, -0.15) is 0 Å². The Bertz CT molecular complexity index is 950. The molecule has 0 aliphatic heterocycles. The molecule has 0 aliphatic rings. The van der Waals surface area contributed by atoms with E-state index in [0.717, 1.165) is 16.7 Å². The zero-order valence-electron chi connectivity index (χ0n) is 16.2. The lowest BCUT2D eigenvalue weighted by Crippen LogP contribution is -2.05. The summed E-state index contributed by atoms with van der Waals surface area (Å²) in [4.78, 5) is 11.4. The SMILES string of the molecule is CCOC(=O)CCc1ccc(OCc2c(F)cccc2-c2ccc(O)cc2)cc1. The van der Waals surface area contributed by atoms with Gasteiger partial charge in [0.15, 0.2) is 0 Å². The Morgan fingerprint density at radius 3 is 2.41 bits per heavy atom. The molecule has 0 unspecified atom stereocenters. The van der Waals surface area contributed by atoms with Gasteiger partial charge in [0.25, 0.3) is 0 Å². The van der Waals surface area contributed by atoms with Crippen LogP contribution >= 0.6 is 0 Å². The first-order valence-corrected chi connectivity index (χ1v) is 9.51. The number of carbonyl (C=O) groups excluding carboxylic acids is 1. The molecular formula is C24H23FO4. The molecule has 0 fully saturated rings. The summed E-state index contributed by atoms with van der Waals surface area (Å²) in [6, 6.07) is 18.9. The Labute approximate surface area is 169 Å². The van der Waals surface area contributed by atoms with Crippen molar-refractivity contribution in [3.05, 3.63) is 83.7 Å². The molecule has 0 aliphatic carbocycles. The zero-order chi connectivity index (χ0) is 20.6. The second-order valence-corrected chi connectivity index (χ2v) is 6.55. The lowest BCUT2D eigenvalue weighted by atomic mass is 9.99. The summed E-state index contributed by atoms with van der Waals surface area (Å²) in [5, 5.41) is 9.47. The smallest absolute Gasteiger partial charge is 0.306 e. The average molecular weight is 394 g/mol. The quantitative estimate of drug-likeness (QED) is 0.529. The van der Waals surface area contributed by atoms with Crippen LogP contribution in [-0.4, -0.2) is 17.7 Å². The molecule has 0 amide bonds. The minimum Gasteiger partial charge on any atom is -0.508 e. The van der Waals surface area contributed by atoms with Crippen molar-refractivity contribution in [2.24, 2.45) is 0 Å². The fraction of sp³-hybridized carbons (Fsp3) is 0.208. The topological polar surface area (TPSA) is 55.8 Å². The summed E-state index contributed by atoms with van der Waals surface area (Å²) in [7, 11) is 0. The van der Waals surface area contributed by atoms with E-state index < -0.39 is 0 Å². The number of benzene rings is 3. The maximum Gasteiger partial charge on any atom is 0.306 e. The number of hydrogen-bond acceptors (Lipinski definition) is 4. The molecule has 0 radical (unpaired) electrons. The number of esters is 1. The number of phenols is 1. The van der Waals surface area contributed by atoms with Crippen LogP contribution in [0.3, 0.4) is 0 Å². The molecule has 0 saturated heterocycles. The molecule has 3 rings (SSSR count). The number of aryl methyl sites for hydroxylation is 1. The van der Waals surface area contributed by atoms with Gasteiger partial charge in [0.2, 0.25) is 0 Å². The fourth-order valence-electron chi connectivity index (χ4n) is 3.00. The summed E-state index contributed by atoms with van der Waals surface area (Å²) >= 11 is 0. The fourth-order valence-corrected chi connectivity index (χ4v) is 3.00. The molecule has 5 heteroatoms. The standard InChI is InChI=1S/C24H23FO4/c1-2-28-24(27)15-8-17-6-13-20(14-7-17)29-16-22-21(4-3-5-23(22)25)18-9-11-19(26)12-10-18/h3-7,9-14,26H,2,8,15-16H2,1H3. The summed E-state index contributed by atoms with van der Waals surface area (Å²) in [6.07, 6.45) is 0.927. The van der Waals surface area contributed by atoms with Crippen LogP contribution in [0.1, 0.15) is 24.5 Å². The Balaban J connectivity index is 1.67. The van der Waals surface area contributed by atoms with Crippen LogP contribution in [0, 0.1) is 5.82 Å². The molecule has 29 heavy (non-hydrogen) atoms. The maximum absolute atomic E-state index is 14.4. The van der Waals surface area contributed by atoms with E-state index >= 15 is 0 Å². The number of carbonyl (C=O) groups is 1. The van der Waals surface area contributed by atoms with Gasteiger partial charge in [-0.05, 0) is 60.4 Å². The van der Waals surface area contributed by atoms with Crippen molar-refractivity contribution >= 4 is 5.97 Å². The van der Waals surface area contributed by atoms with E-state index in [1.165, 1.54) is 6.07 Å². The minimum atomic E-state index is -0.346. The molecular weight excluding hydrogens is 371 g/mol. The summed E-state index contributed by atoms with van der Waals surface area (Å²) in [6.45, 7) is 2.24. The predicted molar refractivity (Wildman–Crippen MR) is 109 cm³/mol. The number of ether oxygens (including phenoxy) is 2. The molecule has 0 aromatic heterocycles. The van der Waals surface area contributed by atoms with E-state index in [0.29, 0.717) is 30.8 Å². The summed E-state index contributed by atoms with van der Waals surface area (Å²) < 4.78 is 25.2. The third-order valence-electron chi connectivity index (χ3n) is 4.53. The van der Waals surface area contributed by atoms with Crippen molar-refractivity contribution in [2.45, 2.75) is 26.4 Å². The maximum atomic E-state index is 14.4. The predicted octanol–water partition coefficient (Wildman–Crippen LogP) is 5.27. The third-order valence-corrected chi connectivity index (χ3v) is 4.53. The summed E-state index contributed by atoms with van der Waals surface area (Å²) in [5.74, 6) is 0.214. The third kappa shape index (κ3) is 5.57. The van der Waals surface area contributed by atoms with Crippen LogP contribution < -0.4 is 4.74 Å². The van der Waals surface area contributed by atoms with Crippen LogP contribution in [0.25, 0.3) is 11.1 Å². The average Bonchev–Trinajstić information content (AvgIpc) is 2.73. The second-order valence-electron chi connectivity index (χ2n) is 6.55. The highest BCUT2D eigenvalue weighted by molar-refractivity contribution is 5.69. The Morgan fingerprint density at radius 2 is 1.72 bits per heavy atom. The van der Waals surface area contributed by atoms with Crippen LogP contribution in [0.4, 0.5) is 4.39 Å². The first-order valence-electron chi connectivity index (χ1n) is 9.51. The van der Waals surface area contributed by atoms with Crippen LogP contribution in [0.2, 0.25) is 0 Å². The molecule has 150 valence electrons. The Kier molecular flexibility index (Phi) is 6.85. The van der Waals surface area contributed by atoms with E-state index in [2.05, 4.69) is 0 Å². The Hall–Kier alpha value is -3.34. The van der Waals surface area contributed by atoms with Gasteiger partial charge in [-0.1, -0.05) is 36.4 Å². The molecule has 4 nitrogen and oxygen atoms in total. The van der Waals surface area contributed by atoms with E-state index in [-0.39, 0.29) is 24.1 Å². The number of phenolic OH excluding ortho intramolecular Hbond substituents is 1. The van der Waals surface area contributed by atoms with Gasteiger partial charge in [0.05, 0.1) is 6.61 Å². The number of hydrogen-bond donors (Lipinski definition) is 1. The second kappa shape index (κ2) is 9.73. The van der Waals surface area contributed by atoms with Gasteiger partial charge in [-0.3, -0.25) is 4.79 Å². The van der Waals surface area contributed by atoms with Crippen molar-refractivity contribution in [2.75, 3.05) is 6.61 Å². The monoisotopic (exact) mass is 394 g/mol. The van der Waals surface area contributed by atoms with E-state index in [1.54, 1.807) is 37.3 Å². The van der Waals surface area contributed by atoms with Crippen LogP contribution in [-0.2, 0) is 22.6 Å². The number of aromatic hydroxyl groups is 1. The largest absolute Gasteiger partial charge is 0.508 e. The first-order chi connectivity index (χ1) is 14.1. The molecule has 0 bridgehead atoms. The van der Waals surface area contributed by atoms with Crippen molar-refractivity contribution in [1.82, 2.24) is 0 Å². The van der Waals surface area contributed by atoms with Crippen molar-refractivity contribution in [3.63, 3.8) is 0 Å². The van der Waals surface area contributed by atoms with E-state index in [4.69, 9.17) is 9.47 Å². The molecule has 1 N–H and O–H groups in total. The van der Waals surface area contributed by atoms with E-state index in [1.807, 2.05) is 30.3 Å². The lowest BCUT2D eigenvalue weighted by Gasteiger charge is -2.13. The molecule has 0 spiro atoms. The molecule has 0 atom stereocenters. The normalized spacial score (nSPS) is 10.6. The van der Waals surface area contributed by atoms with E-state index in [9.17, 15) is 14.3 Å². The van der Waals surface area contributed by atoms with Gasteiger partial charge >= 0.3 is 5.97 Å². The molecule has 3 aromatic carbocycles. The summed E-state index contributed by atoms with van der Waals surface area (Å²) in [5.41, 5.74) is 2.97. The van der Waals surface area contributed by atoms with Gasteiger partial charge in [-0.15, -0.1) is 0 Å². The van der Waals surface area contributed by atoms with Gasteiger partial charge in [0, 0.05) is 12.0 Å².